The fraction of sp³-hybridized carbons (Fsp3) is 0.333. The predicted octanol–water partition coefficient (Wildman–Crippen LogP) is 1.54. The lowest BCUT2D eigenvalue weighted by atomic mass is 9.79. The van der Waals surface area contributed by atoms with Gasteiger partial charge in [-0.2, -0.15) is 0 Å². The monoisotopic (exact) mass is 376 g/mol. The number of nitrogens with zero attached hydrogens (tertiary/aromatic N) is 1. The number of aliphatic hydroxyl groups excluding tert-OH is 1. The molecule has 9 heteroatoms. The molecule has 1 aliphatic heterocycles. The Labute approximate surface area is 155 Å². The van der Waals surface area contributed by atoms with Crippen LogP contribution in [0.25, 0.3) is 0 Å². The number of nitro groups is 1. The van der Waals surface area contributed by atoms with E-state index >= 15 is 0 Å². The smallest absolute Gasteiger partial charge is 0.336 e. The summed E-state index contributed by atoms with van der Waals surface area (Å²) in [6.45, 7) is 2.61. The molecule has 0 aliphatic carbocycles. The number of allylic oxidation sites excluding steroid dienone is 2. The molecule has 1 heterocycles. The van der Waals surface area contributed by atoms with Crippen molar-refractivity contribution in [1.82, 2.24) is 5.32 Å². The second-order valence-electron chi connectivity index (χ2n) is 5.80. The summed E-state index contributed by atoms with van der Waals surface area (Å²) >= 11 is 0. The average Bonchev–Trinajstić information content (AvgIpc) is 2.64. The van der Waals surface area contributed by atoms with Crippen molar-refractivity contribution in [3.05, 3.63) is 62.5 Å². The van der Waals surface area contributed by atoms with E-state index in [2.05, 4.69) is 5.32 Å². The molecule has 0 saturated carbocycles. The van der Waals surface area contributed by atoms with Gasteiger partial charge in [-0.1, -0.05) is 18.2 Å². The molecule has 144 valence electrons. The van der Waals surface area contributed by atoms with E-state index in [1.54, 1.807) is 19.9 Å². The normalized spacial score (nSPS) is 16.7. The minimum Gasteiger partial charge on any atom is -0.466 e. The van der Waals surface area contributed by atoms with E-state index in [9.17, 15) is 19.7 Å². The maximum Gasteiger partial charge on any atom is 0.336 e. The van der Waals surface area contributed by atoms with Crippen LogP contribution >= 0.6 is 0 Å². The first-order chi connectivity index (χ1) is 12.8. The number of rotatable bonds is 6. The molecule has 0 bridgehead atoms. The summed E-state index contributed by atoms with van der Waals surface area (Å²) in [6, 6.07) is 5.86. The van der Waals surface area contributed by atoms with Crippen LogP contribution in [-0.2, 0) is 19.1 Å². The van der Waals surface area contributed by atoms with Gasteiger partial charge in [0.15, 0.2) is 0 Å². The number of carbonyl (C=O) groups excluding carboxylic acids is 2. The van der Waals surface area contributed by atoms with Gasteiger partial charge in [-0.25, -0.2) is 9.59 Å². The number of benzene rings is 1. The Morgan fingerprint density at radius 1 is 1.19 bits per heavy atom. The molecule has 9 nitrogen and oxygen atoms in total. The number of ether oxygens (including phenoxy) is 2. The molecule has 1 unspecified atom stereocenters. The molecule has 1 atom stereocenters. The number of nitrogens with one attached hydrogen (secondary N) is 1. The Balaban J connectivity index is 2.72. The molecule has 2 rings (SSSR count). The van der Waals surface area contributed by atoms with Crippen molar-refractivity contribution in [2.24, 2.45) is 0 Å². The fourth-order valence-corrected chi connectivity index (χ4v) is 3.07. The average molecular weight is 376 g/mol. The minimum absolute atomic E-state index is 0.0451. The summed E-state index contributed by atoms with van der Waals surface area (Å²) in [6.07, 6.45) is 0. The number of hydrogen-bond acceptors (Lipinski definition) is 8. The van der Waals surface area contributed by atoms with Crippen LogP contribution in [0.15, 0.2) is 46.8 Å². The molecule has 0 aromatic heterocycles. The first kappa shape index (κ1) is 20.1. The van der Waals surface area contributed by atoms with Crippen LogP contribution in [0.3, 0.4) is 0 Å². The first-order valence-corrected chi connectivity index (χ1v) is 8.11. The van der Waals surface area contributed by atoms with Gasteiger partial charge in [-0.15, -0.1) is 0 Å². The maximum absolute atomic E-state index is 12.6. The van der Waals surface area contributed by atoms with Crippen LogP contribution in [0.4, 0.5) is 5.69 Å². The summed E-state index contributed by atoms with van der Waals surface area (Å²) < 4.78 is 9.85. The van der Waals surface area contributed by atoms with Gasteiger partial charge in [0.25, 0.3) is 5.69 Å². The van der Waals surface area contributed by atoms with E-state index in [0.717, 1.165) is 0 Å². The van der Waals surface area contributed by atoms with Gasteiger partial charge in [-0.05, 0) is 13.8 Å². The van der Waals surface area contributed by atoms with Gasteiger partial charge in [-0.3, -0.25) is 10.1 Å². The van der Waals surface area contributed by atoms with Gasteiger partial charge in [0.1, 0.15) is 6.61 Å². The Kier molecular flexibility index (Phi) is 6.30. The molecule has 1 aromatic carbocycles. The van der Waals surface area contributed by atoms with Crippen molar-refractivity contribution in [1.29, 1.82) is 0 Å². The Morgan fingerprint density at radius 2 is 1.78 bits per heavy atom. The van der Waals surface area contributed by atoms with E-state index in [4.69, 9.17) is 14.6 Å². The van der Waals surface area contributed by atoms with Crippen LogP contribution < -0.4 is 5.32 Å². The third-order valence-electron chi connectivity index (χ3n) is 4.15. The van der Waals surface area contributed by atoms with Crippen molar-refractivity contribution in [3.63, 3.8) is 0 Å². The van der Waals surface area contributed by atoms with E-state index in [0.29, 0.717) is 11.4 Å². The molecular formula is C18H20N2O7. The maximum atomic E-state index is 12.6. The number of methoxy groups -OCH3 is 1. The molecule has 0 radical (unpaired) electrons. The predicted molar refractivity (Wildman–Crippen MR) is 94.4 cm³/mol. The number of dihydropyridines is 1. The number of nitro benzene ring substituents is 1. The highest BCUT2D eigenvalue weighted by Gasteiger charge is 2.40. The Morgan fingerprint density at radius 3 is 2.33 bits per heavy atom. The second kappa shape index (κ2) is 8.45. The molecule has 1 aliphatic rings. The molecule has 0 amide bonds. The van der Waals surface area contributed by atoms with Crippen LogP contribution in [0.1, 0.15) is 25.3 Å². The molecule has 27 heavy (non-hydrogen) atoms. The molecule has 0 saturated heterocycles. The van der Waals surface area contributed by atoms with Gasteiger partial charge in [0.05, 0.1) is 35.7 Å². The van der Waals surface area contributed by atoms with E-state index in [1.165, 1.54) is 25.3 Å². The van der Waals surface area contributed by atoms with Crippen molar-refractivity contribution < 1.29 is 29.1 Å². The summed E-state index contributed by atoms with van der Waals surface area (Å²) in [5, 5.41) is 23.4. The van der Waals surface area contributed by atoms with Gasteiger partial charge in [0.2, 0.25) is 0 Å². The van der Waals surface area contributed by atoms with E-state index < -0.39 is 22.8 Å². The highest BCUT2D eigenvalue weighted by atomic mass is 16.6. The summed E-state index contributed by atoms with van der Waals surface area (Å²) in [7, 11) is 1.19. The lowest BCUT2D eigenvalue weighted by Gasteiger charge is -2.30. The lowest BCUT2D eigenvalue weighted by molar-refractivity contribution is -0.385. The van der Waals surface area contributed by atoms with Gasteiger partial charge < -0.3 is 19.9 Å². The number of para-hydroxylation sites is 1. The molecular weight excluding hydrogens is 356 g/mol. The first-order valence-electron chi connectivity index (χ1n) is 8.11. The number of carbonyl (C=O) groups is 2. The topological polar surface area (TPSA) is 128 Å². The highest BCUT2D eigenvalue weighted by molar-refractivity contribution is 6.00. The van der Waals surface area contributed by atoms with Crippen LogP contribution in [-0.4, -0.2) is 42.3 Å². The molecule has 2 N–H and O–H groups in total. The number of hydrogen-bond donors (Lipinski definition) is 2. The third-order valence-corrected chi connectivity index (χ3v) is 4.15. The Bertz CT molecular complexity index is 842. The zero-order valence-electron chi connectivity index (χ0n) is 15.1. The van der Waals surface area contributed by atoms with Crippen LogP contribution in [0.2, 0.25) is 0 Å². The summed E-state index contributed by atoms with van der Waals surface area (Å²) in [4.78, 5) is 36.0. The van der Waals surface area contributed by atoms with E-state index in [1.807, 2.05) is 0 Å². The molecule has 0 fully saturated rings. The zero-order valence-corrected chi connectivity index (χ0v) is 15.1. The summed E-state index contributed by atoms with van der Waals surface area (Å²) in [5.41, 5.74) is 0.863. The van der Waals surface area contributed by atoms with E-state index in [-0.39, 0.29) is 35.6 Å². The summed E-state index contributed by atoms with van der Waals surface area (Å²) in [5.74, 6) is -2.55. The zero-order chi connectivity index (χ0) is 20.1. The van der Waals surface area contributed by atoms with Crippen molar-refractivity contribution >= 4 is 17.6 Å². The molecule has 1 aromatic rings. The quantitative estimate of drug-likeness (QED) is 0.435. The second-order valence-corrected chi connectivity index (χ2v) is 5.80. The number of aliphatic hydroxyl groups is 1. The fourth-order valence-electron chi connectivity index (χ4n) is 3.07. The van der Waals surface area contributed by atoms with Gasteiger partial charge in [0, 0.05) is 23.0 Å². The van der Waals surface area contributed by atoms with Crippen molar-refractivity contribution in [3.8, 4) is 0 Å². The number of esters is 2. The largest absolute Gasteiger partial charge is 0.466 e. The standard InChI is InChI=1S/C18H20N2O7/c1-10-14(17(22)26-3)16(12-6-4-5-7-13(12)20(24)25)15(11(2)19-10)18(23)27-9-8-21/h4-7,16,19,21H,8-9H2,1-3H3. The lowest BCUT2D eigenvalue weighted by Crippen LogP contribution is -2.32. The van der Waals surface area contributed by atoms with Crippen molar-refractivity contribution in [2.45, 2.75) is 19.8 Å². The van der Waals surface area contributed by atoms with Crippen LogP contribution in [0.5, 0.6) is 0 Å². The minimum atomic E-state index is -1.05. The molecule has 0 spiro atoms. The Hall–Kier alpha value is -3.20. The van der Waals surface area contributed by atoms with Gasteiger partial charge >= 0.3 is 11.9 Å². The van der Waals surface area contributed by atoms with Crippen LogP contribution in [0, 0.1) is 10.1 Å². The van der Waals surface area contributed by atoms with Crippen molar-refractivity contribution in [2.75, 3.05) is 20.3 Å². The SMILES string of the molecule is COC(=O)C1=C(C)NC(C)=C(C(=O)OCCO)C1c1ccccc1[N+](=O)[O-]. The third kappa shape index (κ3) is 3.98. The highest BCUT2D eigenvalue weighted by Crippen LogP contribution is 2.42.